The van der Waals surface area contributed by atoms with Gasteiger partial charge in [-0.25, -0.2) is 0 Å². The number of nitrogens with zero attached hydrogens (tertiary/aromatic N) is 4. The second-order valence-corrected chi connectivity index (χ2v) is 7.20. The zero-order valence-corrected chi connectivity index (χ0v) is 15.3. The summed E-state index contributed by atoms with van der Waals surface area (Å²) in [7, 11) is 1.88. The van der Waals surface area contributed by atoms with Crippen LogP contribution in [0.5, 0.6) is 0 Å². The number of thioether (sulfide) groups is 1. The molecule has 0 bridgehead atoms. The minimum Gasteiger partial charge on any atom is -0.316 e. The first-order valence-corrected chi connectivity index (χ1v) is 9.31. The van der Waals surface area contributed by atoms with Crippen LogP contribution in [0.1, 0.15) is 11.1 Å². The van der Waals surface area contributed by atoms with Gasteiger partial charge in [-0.15, -0.1) is 21.5 Å². The number of aryl methyl sites for hydroxylation is 1. The van der Waals surface area contributed by atoms with Crippen molar-refractivity contribution >= 4 is 34.0 Å². The molecule has 8 heteroatoms. The Hall–Kier alpha value is -2.63. The molecule has 0 radical (unpaired) electrons. The molecule has 0 spiro atoms. The number of carbonyl (C=O) groups excluding carboxylic acids is 1. The first kappa shape index (κ1) is 17.2. The first-order valence-electron chi connectivity index (χ1n) is 7.45. The molecule has 0 fully saturated rings. The molecule has 2 aromatic heterocycles. The predicted molar refractivity (Wildman–Crippen MR) is 99.6 cm³/mol. The molecule has 0 saturated carbocycles. The van der Waals surface area contributed by atoms with Crippen LogP contribution >= 0.6 is 23.1 Å². The molecule has 0 saturated heterocycles. The van der Waals surface area contributed by atoms with Gasteiger partial charge < -0.3 is 9.88 Å². The summed E-state index contributed by atoms with van der Waals surface area (Å²) in [5, 5.41) is 23.1. The van der Waals surface area contributed by atoms with Crippen LogP contribution in [0.25, 0.3) is 11.4 Å². The average molecular weight is 369 g/mol. The van der Waals surface area contributed by atoms with Crippen molar-refractivity contribution in [3.63, 3.8) is 0 Å². The molecule has 1 aromatic carbocycles. The maximum Gasteiger partial charge on any atom is 0.235 e. The number of benzene rings is 1. The second kappa shape index (κ2) is 7.51. The predicted octanol–water partition coefficient (Wildman–Crippen LogP) is 3.45. The maximum atomic E-state index is 12.1. The van der Waals surface area contributed by atoms with Crippen molar-refractivity contribution in [2.75, 3.05) is 11.1 Å². The summed E-state index contributed by atoms with van der Waals surface area (Å²) >= 11 is 2.64. The molecule has 6 nitrogen and oxygen atoms in total. The Morgan fingerprint density at radius 1 is 1.32 bits per heavy atom. The minimum atomic E-state index is -0.177. The van der Waals surface area contributed by atoms with Gasteiger partial charge in [0, 0.05) is 12.6 Å². The van der Waals surface area contributed by atoms with E-state index in [1.54, 1.807) is 11.4 Å². The lowest BCUT2D eigenvalue weighted by molar-refractivity contribution is -0.113. The number of rotatable bonds is 5. The Balaban J connectivity index is 1.65. The molecule has 0 aliphatic heterocycles. The van der Waals surface area contributed by atoms with Gasteiger partial charge >= 0.3 is 0 Å². The normalized spacial score (nSPS) is 10.4. The molecule has 126 valence electrons. The van der Waals surface area contributed by atoms with Gasteiger partial charge in [-0.1, -0.05) is 41.6 Å². The Morgan fingerprint density at radius 2 is 2.08 bits per heavy atom. The quantitative estimate of drug-likeness (QED) is 0.696. The fraction of sp³-hybridized carbons (Fsp3) is 0.176. The number of carbonyl (C=O) groups is 1. The summed E-state index contributed by atoms with van der Waals surface area (Å²) in [5.74, 6) is 0.777. The van der Waals surface area contributed by atoms with E-state index in [9.17, 15) is 4.79 Å². The van der Waals surface area contributed by atoms with Gasteiger partial charge in [-0.3, -0.25) is 4.79 Å². The number of nitrogens with one attached hydrogen (secondary N) is 1. The first-order chi connectivity index (χ1) is 12.1. The van der Waals surface area contributed by atoms with Crippen LogP contribution in [0.15, 0.2) is 40.9 Å². The van der Waals surface area contributed by atoms with Crippen molar-refractivity contribution in [1.82, 2.24) is 14.8 Å². The fourth-order valence-corrected chi connectivity index (χ4v) is 3.65. The van der Waals surface area contributed by atoms with Crippen LogP contribution in [-0.4, -0.2) is 26.4 Å². The molecular formula is C17H15N5OS2. The van der Waals surface area contributed by atoms with Gasteiger partial charge in [0.25, 0.3) is 0 Å². The lowest BCUT2D eigenvalue weighted by Gasteiger charge is -2.05. The van der Waals surface area contributed by atoms with Crippen molar-refractivity contribution in [1.29, 1.82) is 5.26 Å². The molecule has 0 aliphatic carbocycles. The standard InChI is InChI=1S/C17H15N5OS2/c1-11-3-5-12(6-4-11)15-20-21-17(22(15)2)25-10-14(23)19-16-13(9-18)7-8-24-16/h3-8H,10H2,1-2H3,(H,19,23). The molecule has 3 rings (SSSR count). The molecule has 3 aromatic rings. The summed E-state index contributed by atoms with van der Waals surface area (Å²) < 4.78 is 1.87. The van der Waals surface area contributed by atoms with Crippen molar-refractivity contribution in [2.24, 2.45) is 7.05 Å². The van der Waals surface area contributed by atoms with E-state index in [-0.39, 0.29) is 11.7 Å². The van der Waals surface area contributed by atoms with E-state index in [1.807, 2.05) is 42.8 Å². The number of hydrogen-bond donors (Lipinski definition) is 1. The lowest BCUT2D eigenvalue weighted by Crippen LogP contribution is -2.14. The molecule has 0 aliphatic rings. The van der Waals surface area contributed by atoms with Crippen molar-refractivity contribution in [2.45, 2.75) is 12.1 Å². The number of anilines is 1. The summed E-state index contributed by atoms with van der Waals surface area (Å²) in [6.45, 7) is 2.03. The van der Waals surface area contributed by atoms with E-state index in [2.05, 4.69) is 21.6 Å². The van der Waals surface area contributed by atoms with Crippen LogP contribution in [0.2, 0.25) is 0 Å². The maximum absolute atomic E-state index is 12.1. The summed E-state index contributed by atoms with van der Waals surface area (Å²) in [4.78, 5) is 12.1. The smallest absolute Gasteiger partial charge is 0.235 e. The summed E-state index contributed by atoms with van der Waals surface area (Å²) in [5.41, 5.74) is 2.64. The third-order valence-electron chi connectivity index (χ3n) is 3.52. The van der Waals surface area contributed by atoms with Crippen LogP contribution < -0.4 is 5.32 Å². The molecule has 2 heterocycles. The zero-order valence-electron chi connectivity index (χ0n) is 13.7. The molecular weight excluding hydrogens is 354 g/mol. The van der Waals surface area contributed by atoms with E-state index >= 15 is 0 Å². The summed E-state index contributed by atoms with van der Waals surface area (Å²) in [6.07, 6.45) is 0. The Labute approximate surface area is 153 Å². The third-order valence-corrected chi connectivity index (χ3v) is 5.37. The van der Waals surface area contributed by atoms with Gasteiger partial charge in [0.05, 0.1) is 11.3 Å². The van der Waals surface area contributed by atoms with Crippen LogP contribution in [0.4, 0.5) is 5.00 Å². The molecule has 1 amide bonds. The molecule has 0 atom stereocenters. The van der Waals surface area contributed by atoms with Crippen molar-refractivity contribution < 1.29 is 4.79 Å². The minimum absolute atomic E-state index is 0.177. The number of nitriles is 1. The highest BCUT2D eigenvalue weighted by Gasteiger charge is 2.14. The highest BCUT2D eigenvalue weighted by Crippen LogP contribution is 2.25. The van der Waals surface area contributed by atoms with E-state index in [0.29, 0.717) is 15.7 Å². The van der Waals surface area contributed by atoms with Gasteiger partial charge in [-0.2, -0.15) is 5.26 Å². The highest BCUT2D eigenvalue weighted by atomic mass is 32.2. The lowest BCUT2D eigenvalue weighted by atomic mass is 10.1. The Morgan fingerprint density at radius 3 is 2.80 bits per heavy atom. The Bertz CT molecular complexity index is 937. The van der Waals surface area contributed by atoms with Crippen LogP contribution in [0.3, 0.4) is 0 Å². The molecule has 25 heavy (non-hydrogen) atoms. The van der Waals surface area contributed by atoms with E-state index in [0.717, 1.165) is 11.4 Å². The van der Waals surface area contributed by atoms with Crippen LogP contribution in [-0.2, 0) is 11.8 Å². The van der Waals surface area contributed by atoms with Crippen LogP contribution in [0, 0.1) is 18.3 Å². The third kappa shape index (κ3) is 3.90. The number of hydrogen-bond acceptors (Lipinski definition) is 6. The Kier molecular flexibility index (Phi) is 5.16. The van der Waals surface area contributed by atoms with Crippen molar-refractivity contribution in [3.8, 4) is 17.5 Å². The molecule has 0 unspecified atom stereocenters. The SMILES string of the molecule is Cc1ccc(-c2nnc(SCC(=O)Nc3sccc3C#N)n2C)cc1. The largest absolute Gasteiger partial charge is 0.316 e. The van der Waals surface area contributed by atoms with Gasteiger partial charge in [0.2, 0.25) is 5.91 Å². The highest BCUT2D eigenvalue weighted by molar-refractivity contribution is 7.99. The van der Waals surface area contributed by atoms with E-state index in [4.69, 9.17) is 5.26 Å². The fourth-order valence-electron chi connectivity index (χ4n) is 2.18. The summed E-state index contributed by atoms with van der Waals surface area (Å²) in [6, 6.07) is 11.8. The number of amides is 1. The van der Waals surface area contributed by atoms with Crippen molar-refractivity contribution in [3.05, 3.63) is 46.8 Å². The van der Waals surface area contributed by atoms with E-state index < -0.39 is 0 Å². The topological polar surface area (TPSA) is 83.6 Å². The number of aromatic nitrogens is 3. The van der Waals surface area contributed by atoms with Gasteiger partial charge in [0.1, 0.15) is 11.1 Å². The van der Waals surface area contributed by atoms with Gasteiger partial charge in [0.15, 0.2) is 11.0 Å². The van der Waals surface area contributed by atoms with E-state index in [1.165, 1.54) is 28.7 Å². The average Bonchev–Trinajstić information content (AvgIpc) is 3.20. The zero-order chi connectivity index (χ0) is 17.8. The monoisotopic (exact) mass is 369 g/mol. The second-order valence-electron chi connectivity index (χ2n) is 5.34. The van der Waals surface area contributed by atoms with Gasteiger partial charge in [-0.05, 0) is 18.4 Å². The molecule has 1 N–H and O–H groups in total. The number of thiophene rings is 1.